The molecule has 1 unspecified atom stereocenters. The number of amides is 1. The van der Waals surface area contributed by atoms with E-state index in [2.05, 4.69) is 0 Å². The summed E-state index contributed by atoms with van der Waals surface area (Å²) in [6.07, 6.45) is 1.66. The number of rotatable bonds is 4. The van der Waals surface area contributed by atoms with Crippen LogP contribution in [0.1, 0.15) is 12.0 Å². The average Bonchev–Trinajstić information content (AvgIpc) is 2.97. The Morgan fingerprint density at radius 1 is 1.32 bits per heavy atom. The van der Waals surface area contributed by atoms with Crippen LogP contribution in [-0.2, 0) is 14.8 Å². The SMILES string of the molecule is O=C(NS(=O)(=O)C=Cc1ccccc1)C1CC1(Cl)Cl. The molecule has 0 saturated heterocycles. The van der Waals surface area contributed by atoms with Crippen molar-refractivity contribution in [3.8, 4) is 0 Å². The lowest BCUT2D eigenvalue weighted by Crippen LogP contribution is -2.31. The standard InChI is InChI=1S/C12H11Cl2NO3S/c13-12(14)8-10(12)11(16)15-19(17,18)7-6-9-4-2-1-3-5-9/h1-7,10H,8H2,(H,15,16). The molecule has 2 rings (SSSR count). The molecule has 1 atom stereocenters. The van der Waals surface area contributed by atoms with Crippen LogP contribution in [0.5, 0.6) is 0 Å². The highest BCUT2D eigenvalue weighted by Crippen LogP contribution is 2.53. The van der Waals surface area contributed by atoms with Crippen molar-refractivity contribution in [3.05, 3.63) is 41.3 Å². The van der Waals surface area contributed by atoms with Crippen molar-refractivity contribution in [2.75, 3.05) is 0 Å². The Morgan fingerprint density at radius 2 is 1.89 bits per heavy atom. The van der Waals surface area contributed by atoms with Crippen LogP contribution in [0.3, 0.4) is 0 Å². The van der Waals surface area contributed by atoms with Gasteiger partial charge < -0.3 is 0 Å². The molecule has 1 fully saturated rings. The largest absolute Gasteiger partial charge is 0.274 e. The molecular formula is C12H11Cl2NO3S. The molecule has 0 aromatic heterocycles. The molecule has 0 spiro atoms. The summed E-state index contributed by atoms with van der Waals surface area (Å²) in [5, 5.41) is 0.937. The van der Waals surface area contributed by atoms with Gasteiger partial charge in [-0.1, -0.05) is 30.3 Å². The molecule has 1 saturated carbocycles. The summed E-state index contributed by atoms with van der Waals surface area (Å²) in [6.45, 7) is 0. The quantitative estimate of drug-likeness (QED) is 0.866. The maximum absolute atomic E-state index is 11.7. The van der Waals surface area contributed by atoms with Gasteiger partial charge in [0.05, 0.1) is 11.3 Å². The Hall–Kier alpha value is -1.04. The van der Waals surface area contributed by atoms with Crippen molar-refractivity contribution in [3.63, 3.8) is 0 Å². The predicted octanol–water partition coefficient (Wildman–Crippen LogP) is 2.30. The summed E-state index contributed by atoms with van der Waals surface area (Å²) < 4.78 is 24.1. The zero-order valence-corrected chi connectivity index (χ0v) is 12.0. The molecule has 0 heterocycles. The Kier molecular flexibility index (Phi) is 3.90. The van der Waals surface area contributed by atoms with Gasteiger partial charge in [0.1, 0.15) is 4.33 Å². The van der Waals surface area contributed by atoms with Crippen molar-refractivity contribution < 1.29 is 13.2 Å². The van der Waals surface area contributed by atoms with E-state index in [1.165, 1.54) is 6.08 Å². The molecule has 4 nitrogen and oxygen atoms in total. The molecule has 102 valence electrons. The van der Waals surface area contributed by atoms with Crippen LogP contribution in [0.25, 0.3) is 6.08 Å². The van der Waals surface area contributed by atoms with E-state index in [1.807, 2.05) is 10.8 Å². The molecule has 1 aromatic rings. The van der Waals surface area contributed by atoms with Gasteiger partial charge in [-0.3, -0.25) is 4.79 Å². The first-order chi connectivity index (χ1) is 8.80. The first-order valence-electron chi connectivity index (χ1n) is 5.48. The van der Waals surface area contributed by atoms with Gasteiger partial charge in [0.25, 0.3) is 10.0 Å². The minimum atomic E-state index is -3.83. The highest BCUT2D eigenvalue weighted by atomic mass is 35.5. The van der Waals surface area contributed by atoms with Gasteiger partial charge in [-0.2, -0.15) is 0 Å². The van der Waals surface area contributed by atoms with Gasteiger partial charge in [0.2, 0.25) is 5.91 Å². The van der Waals surface area contributed by atoms with Crippen LogP contribution in [0.2, 0.25) is 0 Å². The van der Waals surface area contributed by atoms with Crippen LogP contribution in [0.4, 0.5) is 0 Å². The lowest BCUT2D eigenvalue weighted by molar-refractivity contribution is -0.120. The van der Waals surface area contributed by atoms with Crippen molar-refractivity contribution in [2.24, 2.45) is 5.92 Å². The highest BCUT2D eigenvalue weighted by Gasteiger charge is 2.56. The van der Waals surface area contributed by atoms with Crippen molar-refractivity contribution in [1.82, 2.24) is 4.72 Å². The van der Waals surface area contributed by atoms with Crippen molar-refractivity contribution >= 4 is 45.2 Å². The molecule has 1 aliphatic carbocycles. The van der Waals surface area contributed by atoms with Gasteiger partial charge in [0.15, 0.2) is 0 Å². The topological polar surface area (TPSA) is 63.2 Å². The maximum Gasteiger partial charge on any atom is 0.257 e. The Morgan fingerprint density at radius 3 is 2.42 bits per heavy atom. The second-order valence-corrected chi connectivity index (χ2v) is 7.35. The van der Waals surface area contributed by atoms with Crippen molar-refractivity contribution in [1.29, 1.82) is 0 Å². The molecule has 1 aromatic carbocycles. The number of benzene rings is 1. The first-order valence-corrected chi connectivity index (χ1v) is 7.78. The second-order valence-electron chi connectivity index (χ2n) is 4.24. The van der Waals surface area contributed by atoms with Crippen LogP contribution in [0.15, 0.2) is 35.7 Å². The van der Waals surface area contributed by atoms with Crippen LogP contribution >= 0.6 is 23.2 Å². The lowest BCUT2D eigenvalue weighted by Gasteiger charge is -2.02. The zero-order chi connectivity index (χ0) is 14.1. The van der Waals surface area contributed by atoms with Gasteiger partial charge in [-0.05, 0) is 18.1 Å². The summed E-state index contributed by atoms with van der Waals surface area (Å²) >= 11 is 11.4. The van der Waals surface area contributed by atoms with E-state index in [0.717, 1.165) is 11.0 Å². The number of nitrogens with one attached hydrogen (secondary N) is 1. The number of sulfonamides is 1. The van der Waals surface area contributed by atoms with E-state index in [0.29, 0.717) is 0 Å². The molecular weight excluding hydrogens is 309 g/mol. The van der Waals surface area contributed by atoms with Crippen LogP contribution < -0.4 is 4.72 Å². The third kappa shape index (κ3) is 3.96. The average molecular weight is 320 g/mol. The zero-order valence-electron chi connectivity index (χ0n) is 9.71. The number of carbonyl (C=O) groups is 1. The van der Waals surface area contributed by atoms with Gasteiger partial charge in [-0.15, -0.1) is 23.2 Å². The van der Waals surface area contributed by atoms with E-state index in [4.69, 9.17) is 23.2 Å². The minimum absolute atomic E-state index is 0.264. The smallest absolute Gasteiger partial charge is 0.257 e. The second kappa shape index (κ2) is 5.15. The summed E-state index contributed by atoms with van der Waals surface area (Å²) in [7, 11) is -3.83. The molecule has 19 heavy (non-hydrogen) atoms. The van der Waals surface area contributed by atoms with Gasteiger partial charge >= 0.3 is 0 Å². The van der Waals surface area contributed by atoms with E-state index in [1.54, 1.807) is 24.3 Å². The number of carbonyl (C=O) groups excluding carboxylic acids is 1. The number of hydrogen-bond donors (Lipinski definition) is 1. The summed E-state index contributed by atoms with van der Waals surface area (Å²) in [6, 6.07) is 8.88. The van der Waals surface area contributed by atoms with E-state index < -0.39 is 26.2 Å². The number of hydrogen-bond acceptors (Lipinski definition) is 3. The fraction of sp³-hybridized carbons (Fsp3) is 0.250. The summed E-state index contributed by atoms with van der Waals surface area (Å²) in [5.74, 6) is -1.35. The van der Waals surface area contributed by atoms with Crippen LogP contribution in [0, 0.1) is 5.92 Å². The fourth-order valence-corrected chi connectivity index (χ4v) is 2.81. The van der Waals surface area contributed by atoms with E-state index >= 15 is 0 Å². The van der Waals surface area contributed by atoms with Crippen LogP contribution in [-0.4, -0.2) is 18.7 Å². The number of halogens is 2. The third-order valence-electron chi connectivity index (χ3n) is 2.62. The van der Waals surface area contributed by atoms with Crippen molar-refractivity contribution in [2.45, 2.75) is 10.8 Å². The predicted molar refractivity (Wildman–Crippen MR) is 75.1 cm³/mol. The normalized spacial score (nSPS) is 21.3. The molecule has 0 bridgehead atoms. The molecule has 0 aliphatic heterocycles. The summed E-state index contributed by atoms with van der Waals surface area (Å²) in [5.41, 5.74) is 0.718. The minimum Gasteiger partial charge on any atom is -0.274 e. The summed E-state index contributed by atoms with van der Waals surface area (Å²) in [4.78, 5) is 11.6. The Balaban J connectivity index is 2.00. The molecule has 7 heteroatoms. The fourth-order valence-electron chi connectivity index (χ4n) is 1.48. The van der Waals surface area contributed by atoms with E-state index in [-0.39, 0.29) is 6.42 Å². The molecule has 0 radical (unpaired) electrons. The Labute approximate surface area is 121 Å². The van der Waals surface area contributed by atoms with Gasteiger partial charge in [0, 0.05) is 0 Å². The Bertz CT molecular complexity index is 611. The first kappa shape index (κ1) is 14.4. The van der Waals surface area contributed by atoms with E-state index in [9.17, 15) is 13.2 Å². The monoisotopic (exact) mass is 319 g/mol. The molecule has 1 N–H and O–H groups in total. The molecule has 1 amide bonds. The maximum atomic E-state index is 11.7. The highest BCUT2D eigenvalue weighted by molar-refractivity contribution is 7.93. The molecule has 1 aliphatic rings. The number of alkyl halides is 2. The lowest BCUT2D eigenvalue weighted by atomic mass is 10.2. The third-order valence-corrected chi connectivity index (χ3v) is 4.44. The van der Waals surface area contributed by atoms with Gasteiger partial charge in [-0.25, -0.2) is 13.1 Å².